The van der Waals surface area contributed by atoms with Crippen molar-refractivity contribution >= 4 is 25.3 Å². The normalized spacial score (nSPS) is 12.4. The van der Waals surface area contributed by atoms with Gasteiger partial charge < -0.3 is 13.8 Å². The van der Waals surface area contributed by atoms with E-state index in [0.29, 0.717) is 19.5 Å². The molecule has 6 heteroatoms. The van der Waals surface area contributed by atoms with Crippen molar-refractivity contribution in [3.63, 3.8) is 0 Å². The highest BCUT2D eigenvalue weighted by Gasteiger charge is 2.12. The minimum Gasteiger partial charge on any atom is -0.413 e. The minimum atomic E-state index is -0.0346. The van der Waals surface area contributed by atoms with Gasteiger partial charge in [0.1, 0.15) is 5.82 Å². The maximum atomic E-state index is 5.84. The lowest BCUT2D eigenvalue weighted by atomic mass is 10.2. The number of anilines is 1. The van der Waals surface area contributed by atoms with Crippen molar-refractivity contribution < 1.29 is 8.85 Å². The van der Waals surface area contributed by atoms with E-state index >= 15 is 0 Å². The lowest BCUT2D eigenvalue weighted by molar-refractivity contribution is 0.137. The molecule has 0 N–H and O–H groups in total. The molecule has 1 rings (SSSR count). The van der Waals surface area contributed by atoms with Gasteiger partial charge in [0, 0.05) is 30.5 Å². The van der Waals surface area contributed by atoms with Crippen LogP contribution in [0.15, 0.2) is 24.4 Å². The van der Waals surface area contributed by atoms with E-state index in [1.165, 1.54) is 0 Å². The highest BCUT2D eigenvalue weighted by molar-refractivity contribution is 6.27. The maximum absolute atomic E-state index is 5.84. The van der Waals surface area contributed by atoms with Gasteiger partial charge >= 0.3 is 0 Å². The van der Waals surface area contributed by atoms with Crippen LogP contribution >= 0.6 is 0 Å². The summed E-state index contributed by atoms with van der Waals surface area (Å²) in [6.45, 7) is 14.7. The van der Waals surface area contributed by atoms with Gasteiger partial charge in [0.05, 0.1) is 0 Å². The van der Waals surface area contributed by atoms with Crippen molar-refractivity contribution in [2.24, 2.45) is 0 Å². The van der Waals surface area contributed by atoms with E-state index in [1.54, 1.807) is 0 Å². The number of rotatable bonds is 11. The summed E-state index contributed by atoms with van der Waals surface area (Å²) in [6, 6.07) is 8.34. The lowest BCUT2D eigenvalue weighted by Gasteiger charge is -2.24. The molecule has 25 heavy (non-hydrogen) atoms. The fourth-order valence-electron chi connectivity index (χ4n) is 2.10. The van der Waals surface area contributed by atoms with E-state index in [2.05, 4.69) is 63.6 Å². The highest BCUT2D eigenvalue weighted by Crippen LogP contribution is 2.13. The molecule has 0 bridgehead atoms. The topological polar surface area (TPSA) is 34.6 Å². The van der Waals surface area contributed by atoms with Gasteiger partial charge in [-0.2, -0.15) is 0 Å². The molecule has 0 aliphatic rings. The van der Waals surface area contributed by atoms with Gasteiger partial charge in [-0.1, -0.05) is 6.07 Å². The first-order valence-corrected chi connectivity index (χ1v) is 11.4. The van der Waals surface area contributed by atoms with Gasteiger partial charge in [0.2, 0.25) is 19.5 Å². The van der Waals surface area contributed by atoms with Gasteiger partial charge in [0.15, 0.2) is 0 Å². The van der Waals surface area contributed by atoms with Crippen LogP contribution in [0.3, 0.4) is 0 Å². The van der Waals surface area contributed by atoms with Crippen molar-refractivity contribution in [1.82, 2.24) is 4.98 Å². The molecular formula is C19H34N2O2Si2. The van der Waals surface area contributed by atoms with E-state index < -0.39 is 0 Å². The Labute approximate surface area is 159 Å². The van der Waals surface area contributed by atoms with Crippen LogP contribution in [0.25, 0.3) is 0 Å². The van der Waals surface area contributed by atoms with Crippen LogP contribution in [0.1, 0.15) is 54.4 Å². The lowest BCUT2D eigenvalue weighted by Crippen LogP contribution is -2.28. The average Bonchev–Trinajstić information content (AvgIpc) is 2.51. The summed E-state index contributed by atoms with van der Waals surface area (Å²) in [4.78, 5) is 6.92. The number of hydrogen-bond donors (Lipinski definition) is 0. The molecule has 0 spiro atoms. The molecule has 4 nitrogen and oxygen atoms in total. The number of hydrogen-bond acceptors (Lipinski definition) is 4. The molecule has 1 aromatic heterocycles. The average molecular weight is 379 g/mol. The molecule has 0 amide bonds. The second-order valence-electron chi connectivity index (χ2n) is 8.10. The van der Waals surface area contributed by atoms with E-state index in [9.17, 15) is 0 Å². The SMILES string of the molecule is CC(C)(C)O[Si]CCCN(CCC[Si]OC(C)(C)C)c1ccccn1. The third-order valence-corrected chi connectivity index (χ3v) is 5.77. The second-order valence-corrected chi connectivity index (χ2v) is 10.1. The van der Waals surface area contributed by atoms with E-state index in [1.807, 2.05) is 12.3 Å². The molecule has 4 radical (unpaired) electrons. The Balaban J connectivity index is 2.35. The Hall–Kier alpha value is -0.696. The van der Waals surface area contributed by atoms with E-state index in [4.69, 9.17) is 8.85 Å². The summed E-state index contributed by atoms with van der Waals surface area (Å²) in [7, 11) is 1.14. The van der Waals surface area contributed by atoms with Crippen LogP contribution < -0.4 is 4.90 Å². The number of pyridine rings is 1. The van der Waals surface area contributed by atoms with Gasteiger partial charge in [-0.3, -0.25) is 0 Å². The predicted octanol–water partition coefficient (Wildman–Crippen LogP) is 4.37. The fourth-order valence-corrected chi connectivity index (χ4v) is 3.78. The summed E-state index contributed by atoms with van der Waals surface area (Å²) in [6.07, 6.45) is 4.13. The second kappa shape index (κ2) is 11.1. The predicted molar refractivity (Wildman–Crippen MR) is 108 cm³/mol. The van der Waals surface area contributed by atoms with Crippen LogP contribution in [0, 0.1) is 0 Å². The Kier molecular flexibility index (Phi) is 9.93. The Morgan fingerprint density at radius 2 is 1.40 bits per heavy atom. The van der Waals surface area contributed by atoms with Crippen molar-refractivity contribution in [3.8, 4) is 0 Å². The third kappa shape index (κ3) is 12.3. The first-order valence-electron chi connectivity index (χ1n) is 9.15. The molecule has 140 valence electrons. The molecule has 1 heterocycles. The number of aromatic nitrogens is 1. The molecular weight excluding hydrogens is 344 g/mol. The first kappa shape index (κ1) is 22.3. The zero-order valence-electron chi connectivity index (χ0n) is 16.8. The standard InChI is InChI=1S/C19H34N2O2Si2/c1-18(2,3)22-24-15-9-13-21(17-11-7-8-12-20-17)14-10-16-25-23-19(4,5)6/h7-8,11-12H,9-10,13-16H2,1-6H3. The van der Waals surface area contributed by atoms with Crippen molar-refractivity contribution in [3.05, 3.63) is 24.4 Å². The molecule has 0 atom stereocenters. The molecule has 0 saturated heterocycles. The molecule has 0 saturated carbocycles. The monoisotopic (exact) mass is 378 g/mol. The Bertz CT molecular complexity index is 435. The molecule has 0 aliphatic carbocycles. The molecule has 0 fully saturated rings. The maximum Gasteiger partial charge on any atom is 0.230 e. The zero-order valence-corrected chi connectivity index (χ0v) is 18.8. The summed E-state index contributed by atoms with van der Waals surface area (Å²) in [5.41, 5.74) is -0.0693. The van der Waals surface area contributed by atoms with Crippen LogP contribution in [0.4, 0.5) is 5.82 Å². The van der Waals surface area contributed by atoms with E-state index in [0.717, 1.165) is 43.8 Å². The van der Waals surface area contributed by atoms with Crippen LogP contribution in [-0.4, -0.2) is 48.8 Å². The van der Waals surface area contributed by atoms with E-state index in [-0.39, 0.29) is 11.2 Å². The van der Waals surface area contributed by atoms with Gasteiger partial charge in [-0.25, -0.2) is 4.98 Å². The van der Waals surface area contributed by atoms with Gasteiger partial charge in [0.25, 0.3) is 0 Å². The van der Waals surface area contributed by atoms with Gasteiger partial charge in [-0.05, 0) is 78.6 Å². The molecule has 0 unspecified atom stereocenters. The number of nitrogens with zero attached hydrogens (tertiary/aromatic N) is 2. The smallest absolute Gasteiger partial charge is 0.230 e. The Morgan fingerprint density at radius 3 is 1.80 bits per heavy atom. The zero-order chi connectivity index (χ0) is 18.8. The molecule has 0 aliphatic heterocycles. The van der Waals surface area contributed by atoms with Crippen molar-refractivity contribution in [1.29, 1.82) is 0 Å². The molecule has 1 aromatic rings. The summed E-state index contributed by atoms with van der Waals surface area (Å²) in [5.74, 6) is 1.07. The summed E-state index contributed by atoms with van der Waals surface area (Å²) >= 11 is 0. The van der Waals surface area contributed by atoms with Crippen molar-refractivity contribution in [2.45, 2.75) is 77.7 Å². The summed E-state index contributed by atoms with van der Waals surface area (Å²) in [5, 5.41) is 0. The quantitative estimate of drug-likeness (QED) is 0.423. The van der Waals surface area contributed by atoms with Crippen molar-refractivity contribution in [2.75, 3.05) is 18.0 Å². The van der Waals surface area contributed by atoms with Crippen LogP contribution in [-0.2, 0) is 8.85 Å². The van der Waals surface area contributed by atoms with Crippen LogP contribution in [0.5, 0.6) is 0 Å². The highest BCUT2D eigenvalue weighted by atomic mass is 28.2. The fraction of sp³-hybridized carbons (Fsp3) is 0.737. The van der Waals surface area contributed by atoms with Crippen LogP contribution in [0.2, 0.25) is 12.1 Å². The molecule has 0 aromatic carbocycles. The summed E-state index contributed by atoms with van der Waals surface area (Å²) < 4.78 is 11.7. The first-order chi connectivity index (χ1) is 11.7. The van der Waals surface area contributed by atoms with Gasteiger partial charge in [-0.15, -0.1) is 0 Å². The minimum absolute atomic E-state index is 0.0346. The largest absolute Gasteiger partial charge is 0.413 e. The Morgan fingerprint density at radius 1 is 0.880 bits per heavy atom. The third-order valence-electron chi connectivity index (χ3n) is 3.14.